The summed E-state index contributed by atoms with van der Waals surface area (Å²) in [6.07, 6.45) is 1.68. The van der Waals surface area contributed by atoms with E-state index in [9.17, 15) is 10.1 Å². The third-order valence-corrected chi connectivity index (χ3v) is 3.52. The van der Waals surface area contributed by atoms with Gasteiger partial charge in [0.2, 0.25) is 0 Å². The van der Waals surface area contributed by atoms with Gasteiger partial charge in [-0.05, 0) is 11.6 Å². The van der Waals surface area contributed by atoms with Gasteiger partial charge in [0.1, 0.15) is 11.6 Å². The van der Waals surface area contributed by atoms with Crippen LogP contribution in [0.2, 0.25) is 0 Å². The zero-order valence-corrected chi connectivity index (χ0v) is 12.7. The van der Waals surface area contributed by atoms with E-state index in [4.69, 9.17) is 4.74 Å². The predicted octanol–water partition coefficient (Wildman–Crippen LogP) is 3.13. The Hall–Kier alpha value is -1.99. The van der Waals surface area contributed by atoms with E-state index in [1.54, 1.807) is 18.3 Å². The monoisotopic (exact) mass is 307 g/mol. The fourth-order valence-corrected chi connectivity index (χ4v) is 2.25. The maximum absolute atomic E-state index is 11.2. The van der Waals surface area contributed by atoms with Crippen molar-refractivity contribution >= 4 is 17.0 Å². The van der Waals surface area contributed by atoms with Crippen LogP contribution in [0.3, 0.4) is 0 Å². The van der Waals surface area contributed by atoms with E-state index in [1.165, 1.54) is 11.3 Å². The molecular weight excluding hydrogens is 290 g/mol. The number of thiazole rings is 1. The van der Waals surface area contributed by atoms with Crippen LogP contribution < -0.4 is 10.1 Å². The zero-order valence-electron chi connectivity index (χ0n) is 11.9. The second-order valence-electron chi connectivity index (χ2n) is 4.81. The maximum atomic E-state index is 11.2. The van der Waals surface area contributed by atoms with Crippen LogP contribution in [0.4, 0.5) is 5.69 Å². The van der Waals surface area contributed by atoms with E-state index < -0.39 is 4.92 Å². The first-order valence-electron chi connectivity index (χ1n) is 6.58. The average molecular weight is 307 g/mol. The molecule has 0 spiro atoms. The summed E-state index contributed by atoms with van der Waals surface area (Å²) in [6.45, 7) is 4.88. The Morgan fingerprint density at radius 3 is 2.90 bits per heavy atom. The molecule has 112 valence electrons. The molecule has 21 heavy (non-hydrogen) atoms. The molecule has 0 aliphatic carbocycles. The summed E-state index contributed by atoms with van der Waals surface area (Å²) >= 11 is 1.45. The number of hydrogen-bond donors (Lipinski definition) is 1. The van der Waals surface area contributed by atoms with Gasteiger partial charge in [0, 0.05) is 30.2 Å². The quantitative estimate of drug-likeness (QED) is 0.628. The van der Waals surface area contributed by atoms with Crippen molar-refractivity contribution in [2.45, 2.75) is 33.0 Å². The number of benzene rings is 1. The minimum atomic E-state index is -0.421. The minimum Gasteiger partial charge on any atom is -0.479 e. The summed E-state index contributed by atoms with van der Waals surface area (Å²) in [5.41, 5.74) is 0.839. The fraction of sp³-hybridized carbons (Fsp3) is 0.357. The molecule has 2 aromatic rings. The lowest BCUT2D eigenvalue weighted by Crippen LogP contribution is -2.21. The van der Waals surface area contributed by atoms with Crippen LogP contribution in [-0.4, -0.2) is 15.9 Å². The van der Waals surface area contributed by atoms with Crippen molar-refractivity contribution in [3.05, 3.63) is 50.5 Å². The van der Waals surface area contributed by atoms with E-state index in [2.05, 4.69) is 10.3 Å². The van der Waals surface area contributed by atoms with Gasteiger partial charge in [0.25, 0.3) is 0 Å². The highest BCUT2D eigenvalue weighted by Gasteiger charge is 2.16. The van der Waals surface area contributed by atoms with Gasteiger partial charge in [-0.25, -0.2) is 4.98 Å². The molecule has 1 N–H and O–H groups in total. The van der Waals surface area contributed by atoms with Gasteiger partial charge in [0.15, 0.2) is 5.75 Å². The number of nitrogens with zero attached hydrogens (tertiary/aromatic N) is 2. The molecule has 0 saturated heterocycles. The highest BCUT2D eigenvalue weighted by molar-refractivity contribution is 7.09. The molecule has 1 aromatic heterocycles. The molecule has 7 heteroatoms. The number of nitro groups is 1. The summed E-state index contributed by atoms with van der Waals surface area (Å²) in [5, 5.41) is 17.0. The molecule has 0 amide bonds. The Bertz CT molecular complexity index is 600. The van der Waals surface area contributed by atoms with Gasteiger partial charge < -0.3 is 10.1 Å². The third-order valence-electron chi connectivity index (χ3n) is 2.77. The first-order valence-corrected chi connectivity index (χ1v) is 7.46. The molecule has 0 aliphatic heterocycles. The highest BCUT2D eigenvalue weighted by atomic mass is 32.1. The molecule has 0 aliphatic rings. The zero-order chi connectivity index (χ0) is 15.2. The smallest absolute Gasteiger partial charge is 0.311 e. The third kappa shape index (κ3) is 4.51. The van der Waals surface area contributed by atoms with Crippen LogP contribution in [0.5, 0.6) is 5.75 Å². The lowest BCUT2D eigenvalue weighted by molar-refractivity contribution is -0.386. The standard InChI is InChI=1S/C14H17N3O3S/c1-10(2)16-8-11-3-4-13(12(7-11)17(18)19)20-9-14-15-5-6-21-14/h3-7,10,16H,8-9H2,1-2H3. The van der Waals surface area contributed by atoms with E-state index in [0.717, 1.165) is 10.6 Å². The predicted molar refractivity (Wildman–Crippen MR) is 81.5 cm³/mol. The highest BCUT2D eigenvalue weighted by Crippen LogP contribution is 2.29. The van der Waals surface area contributed by atoms with Gasteiger partial charge in [-0.2, -0.15) is 0 Å². The molecule has 0 fully saturated rings. The van der Waals surface area contributed by atoms with E-state index >= 15 is 0 Å². The normalized spacial score (nSPS) is 10.8. The Morgan fingerprint density at radius 1 is 1.48 bits per heavy atom. The lowest BCUT2D eigenvalue weighted by Gasteiger charge is -2.10. The van der Waals surface area contributed by atoms with Gasteiger partial charge in [-0.15, -0.1) is 11.3 Å². The van der Waals surface area contributed by atoms with Crippen LogP contribution in [-0.2, 0) is 13.2 Å². The molecule has 0 unspecified atom stereocenters. The summed E-state index contributed by atoms with van der Waals surface area (Å²) in [7, 11) is 0. The molecule has 1 aromatic carbocycles. The van der Waals surface area contributed by atoms with E-state index in [0.29, 0.717) is 12.6 Å². The molecular formula is C14H17N3O3S. The van der Waals surface area contributed by atoms with Gasteiger partial charge in [-0.3, -0.25) is 10.1 Å². The van der Waals surface area contributed by atoms with Crippen molar-refractivity contribution in [2.75, 3.05) is 0 Å². The molecule has 2 rings (SSSR count). The summed E-state index contributed by atoms with van der Waals surface area (Å²) in [5.74, 6) is 0.267. The number of rotatable bonds is 7. The second kappa shape index (κ2) is 7.14. The molecule has 6 nitrogen and oxygen atoms in total. The molecule has 0 saturated carbocycles. The van der Waals surface area contributed by atoms with Crippen molar-refractivity contribution in [2.24, 2.45) is 0 Å². The lowest BCUT2D eigenvalue weighted by atomic mass is 10.2. The Kier molecular flexibility index (Phi) is 5.24. The van der Waals surface area contributed by atoms with Crippen molar-refractivity contribution in [3.63, 3.8) is 0 Å². The first kappa shape index (κ1) is 15.4. The van der Waals surface area contributed by atoms with E-state index in [1.807, 2.05) is 25.3 Å². The largest absolute Gasteiger partial charge is 0.479 e. The van der Waals surface area contributed by atoms with Crippen molar-refractivity contribution < 1.29 is 9.66 Å². The molecule has 0 atom stereocenters. The van der Waals surface area contributed by atoms with Gasteiger partial charge in [-0.1, -0.05) is 19.9 Å². The second-order valence-corrected chi connectivity index (χ2v) is 5.79. The Balaban J connectivity index is 2.11. The maximum Gasteiger partial charge on any atom is 0.311 e. The first-order chi connectivity index (χ1) is 10.1. The Morgan fingerprint density at radius 2 is 2.29 bits per heavy atom. The molecule has 1 heterocycles. The number of nitrogens with one attached hydrogen (secondary N) is 1. The number of nitro benzene ring substituents is 1. The van der Waals surface area contributed by atoms with Crippen molar-refractivity contribution in [3.8, 4) is 5.75 Å². The van der Waals surface area contributed by atoms with Crippen LogP contribution >= 0.6 is 11.3 Å². The number of hydrogen-bond acceptors (Lipinski definition) is 6. The van der Waals surface area contributed by atoms with Crippen LogP contribution in [0, 0.1) is 10.1 Å². The van der Waals surface area contributed by atoms with Gasteiger partial charge in [0.05, 0.1) is 4.92 Å². The Labute approximate surface area is 126 Å². The van der Waals surface area contributed by atoms with Crippen molar-refractivity contribution in [1.29, 1.82) is 0 Å². The number of aromatic nitrogens is 1. The van der Waals surface area contributed by atoms with Crippen LogP contribution in [0.25, 0.3) is 0 Å². The average Bonchev–Trinajstić information content (AvgIpc) is 2.96. The topological polar surface area (TPSA) is 77.3 Å². The summed E-state index contributed by atoms with van der Waals surface area (Å²) < 4.78 is 5.51. The van der Waals surface area contributed by atoms with Gasteiger partial charge >= 0.3 is 5.69 Å². The fourth-order valence-electron chi connectivity index (χ4n) is 1.72. The van der Waals surface area contributed by atoms with Crippen LogP contribution in [0.1, 0.15) is 24.4 Å². The van der Waals surface area contributed by atoms with Crippen LogP contribution in [0.15, 0.2) is 29.8 Å². The van der Waals surface area contributed by atoms with Crippen molar-refractivity contribution in [1.82, 2.24) is 10.3 Å². The number of ether oxygens (including phenoxy) is 1. The van der Waals surface area contributed by atoms with E-state index in [-0.39, 0.29) is 18.0 Å². The minimum absolute atomic E-state index is 0.0189. The SMILES string of the molecule is CC(C)NCc1ccc(OCc2nccs2)c([N+](=O)[O-])c1. The summed E-state index contributed by atoms with van der Waals surface area (Å²) in [6, 6.07) is 5.35. The molecule has 0 bridgehead atoms. The molecule has 0 radical (unpaired) electrons. The summed E-state index contributed by atoms with van der Waals surface area (Å²) in [4.78, 5) is 14.8.